The SMILES string of the molecule is CC(C)[C@@H](CO)Nc1nc(Nc2ccc(Cl)c(C(F)(F)F)c2)cc(-c2ccncc2)n1. The van der Waals surface area contributed by atoms with E-state index in [4.69, 9.17) is 11.6 Å². The number of benzene rings is 1. The van der Waals surface area contributed by atoms with E-state index in [1.54, 1.807) is 30.6 Å². The highest BCUT2D eigenvalue weighted by atomic mass is 35.5. The van der Waals surface area contributed by atoms with Crippen LogP contribution in [0.4, 0.5) is 30.6 Å². The first-order chi connectivity index (χ1) is 14.7. The minimum Gasteiger partial charge on any atom is -0.394 e. The molecule has 1 aromatic carbocycles. The highest BCUT2D eigenvalue weighted by Crippen LogP contribution is 2.36. The molecule has 0 saturated heterocycles. The summed E-state index contributed by atoms with van der Waals surface area (Å²) < 4.78 is 39.6. The second-order valence-electron chi connectivity index (χ2n) is 7.19. The molecule has 0 bridgehead atoms. The van der Waals surface area contributed by atoms with Crippen molar-refractivity contribution in [3.8, 4) is 11.3 Å². The molecule has 2 heterocycles. The molecule has 0 spiro atoms. The number of pyridine rings is 1. The summed E-state index contributed by atoms with van der Waals surface area (Å²) in [4.78, 5) is 12.8. The predicted molar refractivity (Wildman–Crippen MR) is 114 cm³/mol. The standard InChI is InChI=1S/C21H21ClF3N5O/c1-12(2)18(11-31)29-20-28-17(13-5-7-26-8-6-13)10-19(30-20)27-14-3-4-16(22)15(9-14)21(23,24)25/h3-10,12,18,31H,11H2,1-2H3,(H2,27,28,29,30)/t18-/m1/s1. The lowest BCUT2D eigenvalue weighted by molar-refractivity contribution is -0.137. The maximum absolute atomic E-state index is 13.2. The van der Waals surface area contributed by atoms with E-state index in [9.17, 15) is 18.3 Å². The lowest BCUT2D eigenvalue weighted by Gasteiger charge is -2.21. The molecule has 0 saturated carbocycles. The van der Waals surface area contributed by atoms with Gasteiger partial charge in [0.25, 0.3) is 0 Å². The number of rotatable bonds is 7. The number of alkyl halides is 3. The first kappa shape index (κ1) is 22.8. The smallest absolute Gasteiger partial charge is 0.394 e. The van der Waals surface area contributed by atoms with Crippen molar-refractivity contribution >= 4 is 29.1 Å². The van der Waals surface area contributed by atoms with Crippen LogP contribution in [0.25, 0.3) is 11.3 Å². The van der Waals surface area contributed by atoms with Gasteiger partial charge in [0.1, 0.15) is 5.82 Å². The van der Waals surface area contributed by atoms with Crippen LogP contribution in [0.1, 0.15) is 19.4 Å². The van der Waals surface area contributed by atoms with Gasteiger partial charge < -0.3 is 15.7 Å². The number of hydrogen-bond donors (Lipinski definition) is 3. The van der Waals surface area contributed by atoms with Gasteiger partial charge >= 0.3 is 6.18 Å². The van der Waals surface area contributed by atoms with Crippen LogP contribution in [0.2, 0.25) is 5.02 Å². The van der Waals surface area contributed by atoms with Gasteiger partial charge in [0.05, 0.1) is 28.9 Å². The zero-order chi connectivity index (χ0) is 22.6. The second kappa shape index (κ2) is 9.49. The van der Waals surface area contributed by atoms with Crippen LogP contribution < -0.4 is 10.6 Å². The molecule has 31 heavy (non-hydrogen) atoms. The number of aliphatic hydroxyl groups excluding tert-OH is 1. The molecule has 3 N–H and O–H groups in total. The van der Waals surface area contributed by atoms with Crippen LogP contribution >= 0.6 is 11.6 Å². The zero-order valence-corrected chi connectivity index (χ0v) is 17.5. The number of hydrogen-bond acceptors (Lipinski definition) is 6. The Morgan fingerprint density at radius 3 is 2.39 bits per heavy atom. The first-order valence-corrected chi connectivity index (χ1v) is 9.86. The van der Waals surface area contributed by atoms with Gasteiger partial charge in [0.15, 0.2) is 0 Å². The topological polar surface area (TPSA) is 83.0 Å². The summed E-state index contributed by atoms with van der Waals surface area (Å²) >= 11 is 5.70. The molecule has 10 heteroatoms. The molecule has 2 aromatic heterocycles. The fourth-order valence-corrected chi connectivity index (χ4v) is 3.03. The van der Waals surface area contributed by atoms with Crippen LogP contribution in [-0.2, 0) is 6.18 Å². The van der Waals surface area contributed by atoms with Gasteiger partial charge in [-0.3, -0.25) is 4.98 Å². The van der Waals surface area contributed by atoms with E-state index in [0.717, 1.165) is 11.6 Å². The van der Waals surface area contributed by atoms with E-state index >= 15 is 0 Å². The Morgan fingerprint density at radius 1 is 1.06 bits per heavy atom. The number of nitrogens with zero attached hydrogens (tertiary/aromatic N) is 3. The number of aromatic nitrogens is 3. The largest absolute Gasteiger partial charge is 0.417 e. The highest BCUT2D eigenvalue weighted by molar-refractivity contribution is 6.31. The number of halogens is 4. The molecule has 164 valence electrons. The number of nitrogens with one attached hydrogen (secondary N) is 2. The maximum Gasteiger partial charge on any atom is 0.417 e. The van der Waals surface area contributed by atoms with E-state index in [0.29, 0.717) is 5.69 Å². The summed E-state index contributed by atoms with van der Waals surface area (Å²) in [5, 5.41) is 15.2. The summed E-state index contributed by atoms with van der Waals surface area (Å²) in [6, 6.07) is 8.37. The minimum atomic E-state index is -4.58. The quantitative estimate of drug-likeness (QED) is 0.447. The average molecular weight is 452 g/mol. The normalized spacial score (nSPS) is 12.6. The van der Waals surface area contributed by atoms with Crippen LogP contribution in [0.5, 0.6) is 0 Å². The van der Waals surface area contributed by atoms with E-state index in [2.05, 4.69) is 25.6 Å². The van der Waals surface area contributed by atoms with Crippen molar-refractivity contribution in [3.05, 3.63) is 59.4 Å². The Labute approximate surface area is 182 Å². The molecule has 0 radical (unpaired) electrons. The fourth-order valence-electron chi connectivity index (χ4n) is 2.80. The minimum absolute atomic E-state index is 0.0974. The summed E-state index contributed by atoms with van der Waals surface area (Å²) in [6.07, 6.45) is -1.37. The summed E-state index contributed by atoms with van der Waals surface area (Å²) in [5.74, 6) is 0.606. The number of aliphatic hydroxyl groups is 1. The van der Waals surface area contributed by atoms with Crippen molar-refractivity contribution < 1.29 is 18.3 Å². The molecule has 0 unspecified atom stereocenters. The third kappa shape index (κ3) is 5.83. The van der Waals surface area contributed by atoms with E-state index in [-0.39, 0.29) is 41.0 Å². The van der Waals surface area contributed by atoms with Crippen LogP contribution in [0.3, 0.4) is 0 Å². The number of anilines is 3. The van der Waals surface area contributed by atoms with Gasteiger partial charge in [-0.15, -0.1) is 0 Å². The lowest BCUT2D eigenvalue weighted by Crippen LogP contribution is -2.30. The molecule has 3 aromatic rings. The lowest BCUT2D eigenvalue weighted by atomic mass is 10.1. The Bertz CT molecular complexity index is 1030. The highest BCUT2D eigenvalue weighted by Gasteiger charge is 2.33. The van der Waals surface area contributed by atoms with Crippen LogP contribution in [0.15, 0.2) is 48.8 Å². The molecule has 0 aliphatic heterocycles. The van der Waals surface area contributed by atoms with E-state index in [1.807, 2.05) is 13.8 Å². The molecule has 0 aliphatic carbocycles. The average Bonchev–Trinajstić information content (AvgIpc) is 2.73. The summed E-state index contributed by atoms with van der Waals surface area (Å²) in [7, 11) is 0. The molecule has 0 amide bonds. The molecular weight excluding hydrogens is 431 g/mol. The Morgan fingerprint density at radius 2 is 1.77 bits per heavy atom. The van der Waals surface area contributed by atoms with Gasteiger partial charge in [-0.1, -0.05) is 25.4 Å². The molecule has 3 rings (SSSR count). The van der Waals surface area contributed by atoms with Crippen LogP contribution in [-0.4, -0.2) is 32.7 Å². The van der Waals surface area contributed by atoms with Crippen molar-refractivity contribution in [2.75, 3.05) is 17.2 Å². The van der Waals surface area contributed by atoms with Crippen molar-refractivity contribution in [1.82, 2.24) is 15.0 Å². The van der Waals surface area contributed by atoms with Crippen molar-refractivity contribution in [2.24, 2.45) is 5.92 Å². The van der Waals surface area contributed by atoms with Gasteiger partial charge in [-0.05, 0) is 36.2 Å². The third-order valence-corrected chi connectivity index (χ3v) is 4.89. The fraction of sp³-hybridized carbons (Fsp3) is 0.286. The van der Waals surface area contributed by atoms with Gasteiger partial charge in [0, 0.05) is 29.7 Å². The van der Waals surface area contributed by atoms with Gasteiger partial charge in [-0.25, -0.2) is 4.98 Å². The van der Waals surface area contributed by atoms with E-state index in [1.165, 1.54) is 12.1 Å². The Hall–Kier alpha value is -2.91. The van der Waals surface area contributed by atoms with Crippen molar-refractivity contribution in [2.45, 2.75) is 26.1 Å². The predicted octanol–water partition coefficient (Wildman–Crippen LogP) is 5.38. The van der Waals surface area contributed by atoms with Crippen molar-refractivity contribution in [3.63, 3.8) is 0 Å². The third-order valence-electron chi connectivity index (χ3n) is 4.56. The first-order valence-electron chi connectivity index (χ1n) is 9.48. The van der Waals surface area contributed by atoms with Crippen LogP contribution in [0, 0.1) is 5.92 Å². The zero-order valence-electron chi connectivity index (χ0n) is 16.8. The molecule has 6 nitrogen and oxygen atoms in total. The molecule has 0 fully saturated rings. The maximum atomic E-state index is 13.2. The molecule has 1 atom stereocenters. The Kier molecular flexibility index (Phi) is 6.97. The monoisotopic (exact) mass is 451 g/mol. The van der Waals surface area contributed by atoms with Crippen molar-refractivity contribution in [1.29, 1.82) is 0 Å². The molecule has 0 aliphatic rings. The van der Waals surface area contributed by atoms with Gasteiger partial charge in [0.2, 0.25) is 5.95 Å². The Balaban J connectivity index is 2.00. The summed E-state index contributed by atoms with van der Waals surface area (Å²) in [5.41, 5.74) is 0.513. The van der Waals surface area contributed by atoms with E-state index < -0.39 is 11.7 Å². The molecular formula is C21H21ClF3N5O. The second-order valence-corrected chi connectivity index (χ2v) is 7.60. The summed E-state index contributed by atoms with van der Waals surface area (Å²) in [6.45, 7) is 3.74. The van der Waals surface area contributed by atoms with Gasteiger partial charge in [-0.2, -0.15) is 18.2 Å².